The van der Waals surface area contributed by atoms with Crippen LogP contribution in [0.3, 0.4) is 0 Å². The minimum Gasteiger partial charge on any atom is -0.395 e. The number of rotatable bonds is 11. The highest BCUT2D eigenvalue weighted by Gasteiger charge is 2.24. The summed E-state index contributed by atoms with van der Waals surface area (Å²) in [5.74, 6) is -1.02. The molecule has 0 aliphatic rings. The summed E-state index contributed by atoms with van der Waals surface area (Å²) in [6, 6.07) is 9.50. The van der Waals surface area contributed by atoms with Crippen LogP contribution in [0.1, 0.15) is 25.3 Å². The average molecular weight is 348 g/mol. The van der Waals surface area contributed by atoms with Gasteiger partial charge in [-0.2, -0.15) is 0 Å². The molecule has 0 aliphatic heterocycles. The van der Waals surface area contributed by atoms with Crippen LogP contribution in [0.2, 0.25) is 0 Å². The molecule has 0 saturated heterocycles. The molecule has 2 atom stereocenters. The van der Waals surface area contributed by atoms with Crippen LogP contribution in [0.4, 0.5) is 0 Å². The van der Waals surface area contributed by atoms with E-state index in [0.29, 0.717) is 13.0 Å². The lowest BCUT2D eigenvalue weighted by molar-refractivity contribution is -0.137. The Morgan fingerprint density at radius 1 is 1.32 bits per heavy atom. The van der Waals surface area contributed by atoms with E-state index in [4.69, 9.17) is 0 Å². The molecule has 0 spiro atoms. The van der Waals surface area contributed by atoms with Crippen molar-refractivity contribution in [3.8, 4) is 0 Å². The number of nitrogens with one attached hydrogen (secondary N) is 1. The summed E-state index contributed by atoms with van der Waals surface area (Å²) in [5.41, 5.74) is 0.961. The molecule has 6 nitrogen and oxygen atoms in total. The number of nitrogens with zero attached hydrogens (tertiary/aromatic N) is 1. The predicted octanol–water partition coefficient (Wildman–Crippen LogP) is 1.09. The van der Waals surface area contributed by atoms with E-state index in [-0.39, 0.29) is 37.9 Å². The Morgan fingerprint density at radius 3 is 2.56 bits per heavy atom. The van der Waals surface area contributed by atoms with E-state index in [1.54, 1.807) is 17.9 Å². The van der Waals surface area contributed by atoms with Crippen molar-refractivity contribution in [1.82, 2.24) is 10.2 Å². The maximum absolute atomic E-state index is 12.6. The SMILES string of the molecule is C=CCC(CC(=O)N(CCO)Cc1ccccc1)C(=O)NCC(C)O. The van der Waals surface area contributed by atoms with Gasteiger partial charge in [-0.3, -0.25) is 9.59 Å². The molecule has 1 aromatic carbocycles. The van der Waals surface area contributed by atoms with Gasteiger partial charge in [0.2, 0.25) is 11.8 Å². The number of carbonyl (C=O) groups is 2. The quantitative estimate of drug-likeness (QED) is 0.522. The number of carbonyl (C=O) groups excluding carboxylic acids is 2. The number of hydrogen-bond acceptors (Lipinski definition) is 4. The molecule has 25 heavy (non-hydrogen) atoms. The van der Waals surface area contributed by atoms with Gasteiger partial charge in [0.25, 0.3) is 0 Å². The number of hydrogen-bond donors (Lipinski definition) is 3. The normalized spacial score (nSPS) is 12.9. The van der Waals surface area contributed by atoms with Gasteiger partial charge in [-0.25, -0.2) is 0 Å². The third-order valence-electron chi connectivity index (χ3n) is 3.75. The standard InChI is InChI=1S/C19H28N2O4/c1-3-7-17(19(25)20-13-15(2)23)12-18(24)21(10-11-22)14-16-8-5-4-6-9-16/h3-6,8-9,15,17,22-23H,1,7,10-14H2,2H3,(H,20,25). The first-order chi connectivity index (χ1) is 12.0. The van der Waals surface area contributed by atoms with E-state index in [1.807, 2.05) is 30.3 Å². The van der Waals surface area contributed by atoms with Gasteiger partial charge in [0.1, 0.15) is 0 Å². The van der Waals surface area contributed by atoms with Crippen molar-refractivity contribution >= 4 is 11.8 Å². The average Bonchev–Trinajstić information content (AvgIpc) is 2.59. The van der Waals surface area contributed by atoms with E-state index >= 15 is 0 Å². The highest BCUT2D eigenvalue weighted by Crippen LogP contribution is 2.14. The molecule has 0 fully saturated rings. The second-order valence-electron chi connectivity index (χ2n) is 6.04. The van der Waals surface area contributed by atoms with Gasteiger partial charge in [-0.1, -0.05) is 36.4 Å². The summed E-state index contributed by atoms with van der Waals surface area (Å²) in [5, 5.41) is 21.2. The minimum atomic E-state index is -0.645. The Morgan fingerprint density at radius 2 is 2.00 bits per heavy atom. The van der Waals surface area contributed by atoms with E-state index in [1.165, 1.54) is 0 Å². The van der Waals surface area contributed by atoms with Gasteiger partial charge in [0.15, 0.2) is 0 Å². The number of aliphatic hydroxyl groups is 2. The molecule has 2 unspecified atom stereocenters. The number of benzene rings is 1. The third-order valence-corrected chi connectivity index (χ3v) is 3.75. The Balaban J connectivity index is 2.73. The summed E-state index contributed by atoms with van der Waals surface area (Å²) < 4.78 is 0. The van der Waals surface area contributed by atoms with Crippen LogP contribution in [0, 0.1) is 5.92 Å². The Kier molecular flexibility index (Phi) is 9.50. The first-order valence-electron chi connectivity index (χ1n) is 8.47. The summed E-state index contributed by atoms with van der Waals surface area (Å²) >= 11 is 0. The molecule has 0 saturated carbocycles. The summed E-state index contributed by atoms with van der Waals surface area (Å²) in [4.78, 5) is 26.4. The molecule has 1 aromatic rings. The first-order valence-corrected chi connectivity index (χ1v) is 8.47. The first kappa shape index (κ1) is 20.9. The van der Waals surface area contributed by atoms with Crippen LogP contribution in [-0.4, -0.2) is 52.7 Å². The van der Waals surface area contributed by atoms with Crippen molar-refractivity contribution < 1.29 is 19.8 Å². The fourth-order valence-electron chi connectivity index (χ4n) is 2.43. The zero-order valence-electron chi connectivity index (χ0n) is 14.7. The summed E-state index contributed by atoms with van der Waals surface area (Å²) in [6.07, 6.45) is 1.36. The summed E-state index contributed by atoms with van der Waals surface area (Å²) in [7, 11) is 0. The second-order valence-corrected chi connectivity index (χ2v) is 6.04. The fraction of sp³-hybridized carbons (Fsp3) is 0.474. The highest BCUT2D eigenvalue weighted by atomic mass is 16.3. The lowest BCUT2D eigenvalue weighted by atomic mass is 9.99. The molecule has 138 valence electrons. The maximum atomic E-state index is 12.6. The van der Waals surface area contributed by atoms with Crippen molar-refractivity contribution in [3.05, 3.63) is 48.6 Å². The Hall–Kier alpha value is -2.18. The van der Waals surface area contributed by atoms with Gasteiger partial charge >= 0.3 is 0 Å². The second kappa shape index (κ2) is 11.4. The van der Waals surface area contributed by atoms with Crippen molar-refractivity contribution in [2.75, 3.05) is 19.7 Å². The highest BCUT2D eigenvalue weighted by molar-refractivity contribution is 5.86. The van der Waals surface area contributed by atoms with Gasteiger partial charge in [-0.05, 0) is 18.9 Å². The van der Waals surface area contributed by atoms with E-state index in [0.717, 1.165) is 5.56 Å². The van der Waals surface area contributed by atoms with Gasteiger partial charge < -0.3 is 20.4 Å². The molecule has 0 aromatic heterocycles. The Bertz CT molecular complexity index is 546. The Labute approximate surface area is 149 Å². The molecule has 2 amide bonds. The molecule has 3 N–H and O–H groups in total. The zero-order valence-corrected chi connectivity index (χ0v) is 14.7. The van der Waals surface area contributed by atoms with Crippen LogP contribution in [0.15, 0.2) is 43.0 Å². The van der Waals surface area contributed by atoms with E-state index in [9.17, 15) is 19.8 Å². The lowest BCUT2D eigenvalue weighted by Crippen LogP contribution is -2.39. The van der Waals surface area contributed by atoms with Crippen molar-refractivity contribution in [3.63, 3.8) is 0 Å². The fourth-order valence-corrected chi connectivity index (χ4v) is 2.43. The molecule has 0 aliphatic carbocycles. The van der Waals surface area contributed by atoms with E-state index in [2.05, 4.69) is 11.9 Å². The molecule has 1 rings (SSSR count). The van der Waals surface area contributed by atoms with Crippen molar-refractivity contribution in [1.29, 1.82) is 0 Å². The predicted molar refractivity (Wildman–Crippen MR) is 96.6 cm³/mol. The smallest absolute Gasteiger partial charge is 0.224 e. The molecule has 0 heterocycles. The molecule has 0 bridgehead atoms. The van der Waals surface area contributed by atoms with Crippen LogP contribution >= 0.6 is 0 Å². The maximum Gasteiger partial charge on any atom is 0.224 e. The van der Waals surface area contributed by atoms with Crippen LogP contribution in [0.25, 0.3) is 0 Å². The van der Waals surface area contributed by atoms with Gasteiger partial charge in [-0.15, -0.1) is 6.58 Å². The number of allylic oxidation sites excluding steroid dienone is 1. The molecular formula is C19H28N2O4. The summed E-state index contributed by atoms with van der Waals surface area (Å²) in [6.45, 7) is 5.82. The van der Waals surface area contributed by atoms with Crippen molar-refractivity contribution in [2.24, 2.45) is 5.92 Å². The topological polar surface area (TPSA) is 89.9 Å². The monoisotopic (exact) mass is 348 g/mol. The molecule has 0 radical (unpaired) electrons. The molecular weight excluding hydrogens is 320 g/mol. The lowest BCUT2D eigenvalue weighted by Gasteiger charge is -2.24. The van der Waals surface area contributed by atoms with Crippen LogP contribution in [-0.2, 0) is 16.1 Å². The van der Waals surface area contributed by atoms with Gasteiger partial charge in [0, 0.05) is 26.1 Å². The molecule has 6 heteroatoms. The van der Waals surface area contributed by atoms with E-state index < -0.39 is 12.0 Å². The van der Waals surface area contributed by atoms with Crippen LogP contribution < -0.4 is 5.32 Å². The number of aliphatic hydroxyl groups excluding tert-OH is 2. The third kappa shape index (κ3) is 7.96. The van der Waals surface area contributed by atoms with Crippen molar-refractivity contribution in [2.45, 2.75) is 32.4 Å². The number of amides is 2. The van der Waals surface area contributed by atoms with Crippen LogP contribution in [0.5, 0.6) is 0 Å². The zero-order chi connectivity index (χ0) is 18.7. The minimum absolute atomic E-state index is 0.0322. The van der Waals surface area contributed by atoms with Gasteiger partial charge in [0.05, 0.1) is 18.6 Å². The largest absolute Gasteiger partial charge is 0.395 e.